The summed E-state index contributed by atoms with van der Waals surface area (Å²) in [7, 11) is 1.51. The monoisotopic (exact) mass is 578 g/mol. The maximum absolute atomic E-state index is 13.6. The van der Waals surface area contributed by atoms with E-state index in [9.17, 15) is 14.7 Å². The number of carbonyl (C=O) groups is 2. The van der Waals surface area contributed by atoms with Gasteiger partial charge in [0.25, 0.3) is 5.78 Å². The van der Waals surface area contributed by atoms with Gasteiger partial charge in [-0.3, -0.25) is 14.5 Å². The van der Waals surface area contributed by atoms with Gasteiger partial charge in [0.1, 0.15) is 11.5 Å². The lowest BCUT2D eigenvalue weighted by molar-refractivity contribution is -0.132. The van der Waals surface area contributed by atoms with Crippen molar-refractivity contribution >= 4 is 55.7 Å². The highest BCUT2D eigenvalue weighted by Gasteiger charge is 2.48. The van der Waals surface area contributed by atoms with E-state index < -0.39 is 17.7 Å². The number of methoxy groups -OCH3 is 1. The van der Waals surface area contributed by atoms with Crippen LogP contribution in [0.15, 0.2) is 66.2 Å². The van der Waals surface area contributed by atoms with Gasteiger partial charge in [-0.1, -0.05) is 35.9 Å². The summed E-state index contributed by atoms with van der Waals surface area (Å²) in [5.41, 5.74) is 1.50. The molecule has 40 heavy (non-hydrogen) atoms. The molecule has 10 heteroatoms. The molecule has 1 aromatic heterocycles. The lowest BCUT2D eigenvalue weighted by Crippen LogP contribution is -2.29. The van der Waals surface area contributed by atoms with Gasteiger partial charge in [-0.05, 0) is 73.5 Å². The van der Waals surface area contributed by atoms with Crippen molar-refractivity contribution in [3.8, 4) is 17.2 Å². The largest absolute Gasteiger partial charge is 0.507 e. The van der Waals surface area contributed by atoms with Crippen LogP contribution in [-0.2, 0) is 9.59 Å². The highest BCUT2D eigenvalue weighted by molar-refractivity contribution is 7.22. The first-order valence-electron chi connectivity index (χ1n) is 12.8. The molecule has 1 N–H and O–H groups in total. The summed E-state index contributed by atoms with van der Waals surface area (Å²) >= 11 is 7.41. The molecule has 0 aliphatic carbocycles. The maximum Gasteiger partial charge on any atom is 0.301 e. The number of fused-ring (bicyclic) bond motifs is 1. The van der Waals surface area contributed by atoms with Crippen LogP contribution >= 0.6 is 22.9 Å². The number of hydrogen-bond donors (Lipinski definition) is 1. The summed E-state index contributed by atoms with van der Waals surface area (Å²) in [4.78, 5) is 33.1. The minimum Gasteiger partial charge on any atom is -0.507 e. The molecule has 2 heterocycles. The first kappa shape index (κ1) is 27.5. The molecule has 1 amide bonds. The molecule has 1 atom stereocenters. The number of thiazole rings is 1. The van der Waals surface area contributed by atoms with E-state index in [0.29, 0.717) is 57.3 Å². The quantitative estimate of drug-likeness (QED) is 0.133. The van der Waals surface area contributed by atoms with Crippen LogP contribution in [0.25, 0.3) is 16.0 Å². The fraction of sp³-hybridized carbons (Fsp3) is 0.233. The van der Waals surface area contributed by atoms with Crippen molar-refractivity contribution in [1.82, 2.24) is 4.98 Å². The molecule has 1 unspecified atom stereocenters. The number of aliphatic hydroxyl groups excluding tert-OH is 1. The number of rotatable bonds is 9. The van der Waals surface area contributed by atoms with Gasteiger partial charge in [0.2, 0.25) is 0 Å². The minimum absolute atomic E-state index is 0.0595. The van der Waals surface area contributed by atoms with Gasteiger partial charge in [0.15, 0.2) is 16.6 Å². The van der Waals surface area contributed by atoms with E-state index in [1.54, 1.807) is 60.7 Å². The molecule has 1 fully saturated rings. The van der Waals surface area contributed by atoms with E-state index in [2.05, 4.69) is 4.98 Å². The third-order valence-corrected chi connectivity index (χ3v) is 7.65. The topological polar surface area (TPSA) is 98.2 Å². The third-order valence-electron chi connectivity index (χ3n) is 6.39. The Morgan fingerprint density at radius 2 is 1.80 bits per heavy atom. The molecule has 0 saturated carbocycles. The van der Waals surface area contributed by atoms with E-state index in [-0.39, 0.29) is 11.3 Å². The number of anilines is 1. The van der Waals surface area contributed by atoms with E-state index in [1.165, 1.54) is 23.3 Å². The zero-order valence-corrected chi connectivity index (χ0v) is 23.7. The first-order valence-corrected chi connectivity index (χ1v) is 14.0. The van der Waals surface area contributed by atoms with Gasteiger partial charge < -0.3 is 19.3 Å². The standard InChI is InChI=1S/C30H27ClN2O6S/c1-4-14-39-20-10-6-17(7-11-20)27(34)25-26(18-8-13-22(38-5-2)23(15-18)37-3)33(29(36)28(25)35)30-32-21-12-9-19(31)16-24(21)40-30/h6-13,15-16,26,34H,4-5,14H2,1-3H3/b27-25+. The summed E-state index contributed by atoms with van der Waals surface area (Å²) in [6.45, 7) is 4.86. The molecule has 1 aliphatic heterocycles. The fourth-order valence-corrected chi connectivity index (χ4v) is 5.82. The highest BCUT2D eigenvalue weighted by atomic mass is 35.5. The Hall–Kier alpha value is -4.08. The molecule has 0 radical (unpaired) electrons. The van der Waals surface area contributed by atoms with Crippen molar-refractivity contribution < 1.29 is 28.9 Å². The van der Waals surface area contributed by atoms with Gasteiger partial charge in [0.05, 0.1) is 42.2 Å². The Morgan fingerprint density at radius 3 is 2.50 bits per heavy atom. The van der Waals surface area contributed by atoms with Crippen LogP contribution in [0.3, 0.4) is 0 Å². The van der Waals surface area contributed by atoms with Gasteiger partial charge in [-0.25, -0.2) is 4.98 Å². The van der Waals surface area contributed by atoms with Gasteiger partial charge in [-0.2, -0.15) is 0 Å². The molecule has 0 bridgehead atoms. The number of hydrogen-bond acceptors (Lipinski definition) is 8. The number of benzene rings is 3. The van der Waals surface area contributed by atoms with E-state index in [0.717, 1.165) is 11.1 Å². The van der Waals surface area contributed by atoms with Crippen LogP contribution in [0, 0.1) is 0 Å². The number of nitrogens with zero attached hydrogens (tertiary/aromatic N) is 2. The Morgan fingerprint density at radius 1 is 1.02 bits per heavy atom. The third kappa shape index (κ3) is 5.10. The predicted molar refractivity (Wildman–Crippen MR) is 156 cm³/mol. The lowest BCUT2D eigenvalue weighted by Gasteiger charge is -2.24. The second-order valence-corrected chi connectivity index (χ2v) is 10.4. The molecule has 4 aromatic rings. The molecular weight excluding hydrogens is 552 g/mol. The number of ether oxygens (including phenoxy) is 3. The smallest absolute Gasteiger partial charge is 0.301 e. The number of carbonyl (C=O) groups excluding carboxylic acids is 2. The van der Waals surface area contributed by atoms with Crippen LogP contribution in [-0.4, -0.2) is 42.1 Å². The molecule has 5 rings (SSSR count). The number of ketones is 1. The van der Waals surface area contributed by atoms with E-state index in [1.807, 2.05) is 13.8 Å². The fourth-order valence-electron chi connectivity index (χ4n) is 4.55. The Kier molecular flexibility index (Phi) is 7.95. The first-order chi connectivity index (χ1) is 19.4. The predicted octanol–water partition coefficient (Wildman–Crippen LogP) is 6.77. The Bertz CT molecular complexity index is 1610. The van der Waals surface area contributed by atoms with E-state index in [4.69, 9.17) is 25.8 Å². The number of amides is 1. The second-order valence-electron chi connectivity index (χ2n) is 8.99. The van der Waals surface area contributed by atoms with Gasteiger partial charge >= 0.3 is 5.91 Å². The van der Waals surface area contributed by atoms with Crippen molar-refractivity contribution in [3.63, 3.8) is 0 Å². The van der Waals surface area contributed by atoms with Gasteiger partial charge in [-0.15, -0.1) is 0 Å². The number of aliphatic hydroxyl groups is 1. The average Bonchev–Trinajstić information content (AvgIpc) is 3.49. The molecule has 1 saturated heterocycles. The number of halogens is 1. The van der Waals surface area contributed by atoms with Crippen molar-refractivity contribution in [2.75, 3.05) is 25.2 Å². The Labute approximate surface area is 240 Å². The summed E-state index contributed by atoms with van der Waals surface area (Å²) in [5.74, 6) is -0.336. The summed E-state index contributed by atoms with van der Waals surface area (Å²) in [6, 6.07) is 16.2. The zero-order valence-electron chi connectivity index (χ0n) is 22.1. The molecule has 0 spiro atoms. The highest BCUT2D eigenvalue weighted by Crippen LogP contribution is 2.46. The van der Waals surface area contributed by atoms with Gasteiger partial charge in [0, 0.05) is 10.6 Å². The lowest BCUT2D eigenvalue weighted by atomic mass is 9.95. The van der Waals surface area contributed by atoms with Crippen molar-refractivity contribution in [2.24, 2.45) is 0 Å². The summed E-state index contributed by atoms with van der Waals surface area (Å²) in [6.07, 6.45) is 0.856. The number of Topliss-reactive ketones (excluding diaryl/α,β-unsaturated/α-hetero) is 1. The van der Waals surface area contributed by atoms with E-state index >= 15 is 0 Å². The minimum atomic E-state index is -0.975. The van der Waals surface area contributed by atoms with Crippen molar-refractivity contribution in [3.05, 3.63) is 82.4 Å². The summed E-state index contributed by atoms with van der Waals surface area (Å²) in [5, 5.41) is 12.3. The SMILES string of the molecule is CCCOc1ccc(/C(O)=C2\C(=O)C(=O)N(c3nc4ccc(Cl)cc4s3)C2c2ccc(OCC)c(OC)c2)cc1. The maximum atomic E-state index is 13.6. The molecule has 8 nitrogen and oxygen atoms in total. The van der Waals surface area contributed by atoms with Crippen LogP contribution in [0.5, 0.6) is 17.2 Å². The van der Waals surface area contributed by atoms with Crippen LogP contribution < -0.4 is 19.1 Å². The van der Waals surface area contributed by atoms with Crippen LogP contribution in [0.4, 0.5) is 5.13 Å². The second kappa shape index (κ2) is 11.6. The molecular formula is C30H27ClN2O6S. The normalized spacial score (nSPS) is 16.5. The molecule has 1 aliphatic rings. The summed E-state index contributed by atoms with van der Waals surface area (Å²) < 4.78 is 17.6. The van der Waals surface area contributed by atoms with Crippen LogP contribution in [0.1, 0.15) is 37.4 Å². The average molecular weight is 579 g/mol. The number of aromatic nitrogens is 1. The molecule has 3 aromatic carbocycles. The van der Waals surface area contributed by atoms with Crippen LogP contribution in [0.2, 0.25) is 5.02 Å². The zero-order chi connectivity index (χ0) is 28.4. The van der Waals surface area contributed by atoms with Crippen molar-refractivity contribution in [1.29, 1.82) is 0 Å². The molecule has 206 valence electrons. The Balaban J connectivity index is 1.67. The van der Waals surface area contributed by atoms with Crippen molar-refractivity contribution in [2.45, 2.75) is 26.3 Å².